The minimum atomic E-state index is -0.866. The van der Waals surface area contributed by atoms with Gasteiger partial charge >= 0.3 is 5.97 Å². The van der Waals surface area contributed by atoms with Gasteiger partial charge in [-0.25, -0.2) is 0 Å². The summed E-state index contributed by atoms with van der Waals surface area (Å²) in [4.78, 5) is 25.8. The summed E-state index contributed by atoms with van der Waals surface area (Å²) in [5, 5.41) is 22.3. The average molecular weight is 589 g/mol. The lowest BCUT2D eigenvalue weighted by Gasteiger charge is -2.38. The number of hydrogen-bond acceptors (Lipinski definition) is 8. The van der Waals surface area contributed by atoms with Gasteiger partial charge in [0.15, 0.2) is 12.4 Å². The summed E-state index contributed by atoms with van der Waals surface area (Å²) in [5.41, 5.74) is 5.68. The number of ether oxygens (including phenoxy) is 3. The van der Waals surface area contributed by atoms with Gasteiger partial charge in [-0.05, 0) is 41.2 Å². The zero-order valence-electron chi connectivity index (χ0n) is 24.6. The van der Waals surface area contributed by atoms with Crippen LogP contribution in [-0.4, -0.2) is 64.9 Å². The molecule has 5 atom stereocenters. The van der Waals surface area contributed by atoms with Gasteiger partial charge in [0.2, 0.25) is 0 Å². The van der Waals surface area contributed by atoms with Crippen LogP contribution in [0.4, 0.5) is 0 Å². The molecule has 2 saturated heterocycles. The molecule has 3 aromatic rings. The monoisotopic (exact) mass is 588 g/mol. The molecule has 0 spiro atoms. The Morgan fingerprint density at radius 1 is 1.02 bits per heavy atom. The highest BCUT2D eigenvalue weighted by molar-refractivity contribution is 5.83. The first-order valence-electron chi connectivity index (χ1n) is 14.8. The second-order valence-corrected chi connectivity index (χ2v) is 11.3. The normalized spacial score (nSPS) is 23.1. The van der Waals surface area contributed by atoms with E-state index in [0.717, 1.165) is 52.9 Å². The summed E-state index contributed by atoms with van der Waals surface area (Å²) in [6.45, 7) is 5.33. The Morgan fingerprint density at radius 3 is 2.42 bits per heavy atom. The van der Waals surface area contributed by atoms with Gasteiger partial charge in [0.1, 0.15) is 0 Å². The topological polar surface area (TPSA) is 118 Å². The number of carbonyl (C=O) groups is 2. The quantitative estimate of drug-likeness (QED) is 0.304. The van der Waals surface area contributed by atoms with Crippen LogP contribution in [0.3, 0.4) is 0 Å². The van der Waals surface area contributed by atoms with Crippen molar-refractivity contribution in [1.29, 1.82) is 0 Å². The Kier molecular flexibility index (Phi) is 10.2. The SMILES string of the molecule is CC(=O)O[C@@H](C)C(=O)NCc1ccccc1-c1ccc([C@H]2O[C@@H](CN3CC[C@H](O)C3)C[C@@H](c3ccc(CO)cc3)O2)cc1. The number of carbonyl (C=O) groups excluding carboxylic acids is 2. The second-order valence-electron chi connectivity index (χ2n) is 11.3. The van der Waals surface area contributed by atoms with E-state index in [1.807, 2.05) is 72.8 Å². The minimum Gasteiger partial charge on any atom is -0.453 e. The highest BCUT2D eigenvalue weighted by Crippen LogP contribution is 2.39. The number of esters is 1. The van der Waals surface area contributed by atoms with Crippen molar-refractivity contribution in [2.45, 2.75) is 70.5 Å². The van der Waals surface area contributed by atoms with Crippen molar-refractivity contribution in [1.82, 2.24) is 10.2 Å². The van der Waals surface area contributed by atoms with Crippen LogP contribution in [0.5, 0.6) is 0 Å². The van der Waals surface area contributed by atoms with Crippen LogP contribution in [0, 0.1) is 0 Å². The molecule has 2 fully saturated rings. The first kappa shape index (κ1) is 30.8. The third kappa shape index (κ3) is 8.07. The molecule has 5 rings (SSSR count). The molecule has 9 nitrogen and oxygen atoms in total. The average Bonchev–Trinajstić information content (AvgIpc) is 3.43. The van der Waals surface area contributed by atoms with Crippen molar-refractivity contribution < 1.29 is 34.0 Å². The van der Waals surface area contributed by atoms with Crippen LogP contribution >= 0.6 is 0 Å². The van der Waals surface area contributed by atoms with Crippen LogP contribution in [0.1, 0.15) is 61.3 Å². The minimum absolute atomic E-state index is 0.00724. The van der Waals surface area contributed by atoms with Crippen LogP contribution in [0.2, 0.25) is 0 Å². The molecule has 1 amide bonds. The summed E-state index contributed by atoms with van der Waals surface area (Å²) in [5.74, 6) is -0.855. The number of β-amino-alcohol motifs (C(OH)–C–C–N with tert-alkyl or cyclic N) is 1. The Balaban J connectivity index is 1.31. The second kappa shape index (κ2) is 14.2. The van der Waals surface area contributed by atoms with Crippen molar-refractivity contribution in [2.75, 3.05) is 19.6 Å². The fourth-order valence-electron chi connectivity index (χ4n) is 5.70. The lowest BCUT2D eigenvalue weighted by Crippen LogP contribution is -2.38. The third-order valence-electron chi connectivity index (χ3n) is 8.00. The Morgan fingerprint density at radius 2 is 1.74 bits per heavy atom. The zero-order valence-corrected chi connectivity index (χ0v) is 24.6. The van der Waals surface area contributed by atoms with E-state index >= 15 is 0 Å². The predicted octanol–water partition coefficient (Wildman–Crippen LogP) is 4.03. The summed E-state index contributed by atoms with van der Waals surface area (Å²) in [6, 6.07) is 23.7. The molecule has 0 bridgehead atoms. The van der Waals surface area contributed by atoms with Crippen LogP contribution in [0.15, 0.2) is 72.8 Å². The first-order chi connectivity index (χ1) is 20.8. The van der Waals surface area contributed by atoms with E-state index in [4.69, 9.17) is 14.2 Å². The van der Waals surface area contributed by atoms with Gasteiger partial charge in [-0.3, -0.25) is 14.5 Å². The maximum Gasteiger partial charge on any atom is 0.303 e. The molecule has 0 aliphatic carbocycles. The molecular formula is C34H40N2O7. The fourth-order valence-corrected chi connectivity index (χ4v) is 5.70. The molecule has 3 aromatic carbocycles. The number of benzene rings is 3. The van der Waals surface area contributed by atoms with Gasteiger partial charge in [0, 0.05) is 45.1 Å². The molecule has 0 radical (unpaired) electrons. The molecule has 228 valence electrons. The van der Waals surface area contributed by atoms with Gasteiger partial charge < -0.3 is 29.7 Å². The lowest BCUT2D eigenvalue weighted by atomic mass is 9.97. The largest absolute Gasteiger partial charge is 0.453 e. The van der Waals surface area contributed by atoms with Crippen molar-refractivity contribution in [3.8, 4) is 11.1 Å². The molecule has 43 heavy (non-hydrogen) atoms. The van der Waals surface area contributed by atoms with Crippen LogP contribution in [0.25, 0.3) is 11.1 Å². The number of nitrogens with one attached hydrogen (secondary N) is 1. The van der Waals surface area contributed by atoms with E-state index in [1.165, 1.54) is 6.92 Å². The van der Waals surface area contributed by atoms with E-state index < -0.39 is 18.4 Å². The van der Waals surface area contributed by atoms with Crippen LogP contribution in [-0.2, 0) is 37.0 Å². The number of hydrogen-bond donors (Lipinski definition) is 3. The summed E-state index contributed by atoms with van der Waals surface area (Å²) < 4.78 is 18.0. The number of nitrogens with zero attached hydrogens (tertiary/aromatic N) is 1. The molecular weight excluding hydrogens is 548 g/mol. The predicted molar refractivity (Wildman–Crippen MR) is 160 cm³/mol. The molecule has 2 heterocycles. The summed E-state index contributed by atoms with van der Waals surface area (Å²) in [6.07, 6.45) is -0.521. The molecule has 0 unspecified atom stereocenters. The molecule has 9 heteroatoms. The number of aliphatic hydroxyl groups is 2. The van der Waals surface area contributed by atoms with E-state index in [1.54, 1.807) is 6.92 Å². The summed E-state index contributed by atoms with van der Waals surface area (Å²) in [7, 11) is 0. The number of likely N-dealkylation sites (tertiary alicyclic amines) is 1. The number of rotatable bonds is 10. The zero-order chi connectivity index (χ0) is 30.3. The smallest absolute Gasteiger partial charge is 0.303 e. The lowest BCUT2D eigenvalue weighted by molar-refractivity contribution is -0.252. The molecule has 0 saturated carbocycles. The highest BCUT2D eigenvalue weighted by atomic mass is 16.7. The third-order valence-corrected chi connectivity index (χ3v) is 8.00. The van der Waals surface area contributed by atoms with Gasteiger partial charge in [-0.2, -0.15) is 0 Å². The maximum atomic E-state index is 12.4. The van der Waals surface area contributed by atoms with Crippen LogP contribution < -0.4 is 5.32 Å². The number of aliphatic hydroxyl groups excluding tert-OH is 2. The van der Waals surface area contributed by atoms with E-state index in [0.29, 0.717) is 19.5 Å². The standard InChI is InChI=1S/C34H40N2O7/c1-22(41-23(2)38)33(40)35-18-28-5-3-4-6-31(28)25-11-13-27(14-12-25)34-42-30(20-36-16-15-29(39)19-36)17-32(43-34)26-9-7-24(21-37)8-10-26/h3-14,22,29-30,32,34,37,39H,15-21H2,1-2H3,(H,35,40)/t22-,29-,30+,32-,34-/m0/s1. The van der Waals surface area contributed by atoms with Gasteiger partial charge in [-0.1, -0.05) is 72.8 Å². The first-order valence-corrected chi connectivity index (χ1v) is 14.8. The maximum absolute atomic E-state index is 12.4. The van der Waals surface area contributed by atoms with Crippen molar-refractivity contribution in [2.24, 2.45) is 0 Å². The molecule has 2 aliphatic heterocycles. The summed E-state index contributed by atoms with van der Waals surface area (Å²) >= 11 is 0. The fraction of sp³-hybridized carbons (Fsp3) is 0.412. The Bertz CT molecular complexity index is 1380. The Hall–Kier alpha value is -3.60. The number of amides is 1. The van der Waals surface area contributed by atoms with Crippen molar-refractivity contribution >= 4 is 11.9 Å². The molecule has 0 aromatic heterocycles. The molecule has 2 aliphatic rings. The van der Waals surface area contributed by atoms with Gasteiger partial charge in [0.25, 0.3) is 5.91 Å². The van der Waals surface area contributed by atoms with Gasteiger partial charge in [0.05, 0.1) is 24.9 Å². The van der Waals surface area contributed by atoms with E-state index in [2.05, 4.69) is 10.2 Å². The Labute approximate surface area is 252 Å². The van der Waals surface area contributed by atoms with E-state index in [9.17, 15) is 19.8 Å². The van der Waals surface area contributed by atoms with Crippen molar-refractivity contribution in [3.63, 3.8) is 0 Å². The van der Waals surface area contributed by atoms with E-state index in [-0.39, 0.29) is 30.8 Å². The van der Waals surface area contributed by atoms with Crippen molar-refractivity contribution in [3.05, 3.63) is 95.1 Å². The van der Waals surface area contributed by atoms with Gasteiger partial charge in [-0.15, -0.1) is 0 Å². The molecule has 3 N–H and O–H groups in total. The highest BCUT2D eigenvalue weighted by Gasteiger charge is 2.34.